The molecule has 47 heavy (non-hydrogen) atoms. The third-order valence-corrected chi connectivity index (χ3v) is 6.14. The monoisotopic (exact) mass is 662 g/mol. The summed E-state index contributed by atoms with van der Waals surface area (Å²) >= 11 is 0. The average molecular weight is 663 g/mol. The number of nitrogens with one attached hydrogen (secondary N) is 4. The molecule has 0 saturated heterocycles. The Morgan fingerprint density at radius 2 is 0.787 bits per heavy atom. The molecule has 0 aliphatic rings. The van der Waals surface area contributed by atoms with Crippen LogP contribution in [0, 0.1) is 0 Å². The van der Waals surface area contributed by atoms with Gasteiger partial charge in [0.1, 0.15) is 37.7 Å². The summed E-state index contributed by atoms with van der Waals surface area (Å²) in [6, 6.07) is 4.38. The molecule has 0 aliphatic carbocycles. The molecule has 0 atom stereocenters. The summed E-state index contributed by atoms with van der Waals surface area (Å²) in [5.74, 6) is -2.23. The van der Waals surface area contributed by atoms with Gasteiger partial charge < -0.3 is 40.5 Å². The topological polar surface area (TPSA) is 175 Å². The number of carbonyl (C=O) groups is 6. The lowest BCUT2D eigenvalue weighted by atomic mass is 10.0. The first-order valence-electron chi connectivity index (χ1n) is 16.0. The molecule has 1 aromatic carbocycles. The van der Waals surface area contributed by atoms with Crippen molar-refractivity contribution in [2.45, 2.75) is 99.3 Å². The van der Waals surface area contributed by atoms with Crippen LogP contribution in [0.4, 0.5) is 0 Å². The van der Waals surface area contributed by atoms with Gasteiger partial charge in [-0.25, -0.2) is 0 Å². The smallest absolute Gasteiger partial charge is 0.261 e. The Bertz CT molecular complexity index is 1100. The largest absolute Gasteiger partial charge is 0.484 e. The molecule has 0 heterocycles. The molecule has 6 amide bonds. The fourth-order valence-corrected chi connectivity index (χ4v) is 4.19. The van der Waals surface area contributed by atoms with Gasteiger partial charge in [0.05, 0.1) is 0 Å². The Labute approximate surface area is 278 Å². The molecule has 0 radical (unpaired) electrons. The zero-order valence-corrected chi connectivity index (χ0v) is 29.5. The maximum atomic E-state index is 13.2. The van der Waals surface area contributed by atoms with Crippen LogP contribution in [0.15, 0.2) is 18.2 Å². The molecular weight excluding hydrogens is 608 g/mol. The molecule has 14 nitrogen and oxygen atoms in total. The molecule has 0 bridgehead atoms. The van der Waals surface area contributed by atoms with Gasteiger partial charge >= 0.3 is 0 Å². The van der Waals surface area contributed by atoms with Crippen molar-refractivity contribution in [1.29, 1.82) is 0 Å². The van der Waals surface area contributed by atoms with E-state index in [9.17, 15) is 28.8 Å². The maximum Gasteiger partial charge on any atom is 0.261 e. The van der Waals surface area contributed by atoms with Crippen LogP contribution in [0.2, 0.25) is 0 Å². The van der Waals surface area contributed by atoms with Gasteiger partial charge in [0, 0.05) is 30.2 Å². The summed E-state index contributed by atoms with van der Waals surface area (Å²) in [7, 11) is 0. The van der Waals surface area contributed by atoms with Gasteiger partial charge in [-0.15, -0.1) is 0 Å². The summed E-state index contributed by atoms with van der Waals surface area (Å²) in [6.07, 6.45) is 0. The Kier molecular flexibility index (Phi) is 17.3. The van der Waals surface area contributed by atoms with Gasteiger partial charge in [-0.05, 0) is 79.0 Å². The van der Waals surface area contributed by atoms with Crippen molar-refractivity contribution < 1.29 is 38.2 Å². The van der Waals surface area contributed by atoms with Crippen molar-refractivity contribution in [1.82, 2.24) is 31.1 Å². The van der Waals surface area contributed by atoms with E-state index in [-0.39, 0.29) is 67.8 Å². The molecule has 0 fully saturated rings. The highest BCUT2D eigenvalue weighted by Crippen LogP contribution is 2.27. The number of nitrogens with zero attached hydrogens (tertiary/aromatic N) is 2. The van der Waals surface area contributed by atoms with Crippen LogP contribution in [-0.2, 0) is 28.8 Å². The summed E-state index contributed by atoms with van der Waals surface area (Å²) in [5.41, 5.74) is 0.798. The van der Waals surface area contributed by atoms with E-state index in [1.807, 2.05) is 13.8 Å². The van der Waals surface area contributed by atoms with Gasteiger partial charge in [0.25, 0.3) is 11.8 Å². The van der Waals surface area contributed by atoms with Crippen LogP contribution >= 0.6 is 0 Å². The van der Waals surface area contributed by atoms with E-state index >= 15 is 0 Å². The molecule has 14 heteroatoms. The third-order valence-electron chi connectivity index (χ3n) is 6.14. The lowest BCUT2D eigenvalue weighted by Gasteiger charge is -2.24. The Morgan fingerprint density at radius 3 is 1.02 bits per heavy atom. The Balaban J connectivity index is 3.11. The van der Waals surface area contributed by atoms with Gasteiger partial charge in [0.2, 0.25) is 23.6 Å². The number of ether oxygens (including phenoxy) is 2. The lowest BCUT2D eigenvalue weighted by Crippen LogP contribution is -2.49. The van der Waals surface area contributed by atoms with E-state index in [2.05, 4.69) is 21.3 Å². The van der Waals surface area contributed by atoms with Crippen LogP contribution < -0.4 is 30.7 Å². The van der Waals surface area contributed by atoms with Gasteiger partial charge in [0.15, 0.2) is 13.2 Å². The molecule has 264 valence electrons. The number of benzene rings is 1. The molecule has 4 N–H and O–H groups in total. The molecule has 0 saturated carbocycles. The maximum absolute atomic E-state index is 13.2. The summed E-state index contributed by atoms with van der Waals surface area (Å²) in [6.45, 7) is 16.0. The number of hydrogen-bond acceptors (Lipinski definition) is 8. The Morgan fingerprint density at radius 1 is 0.511 bits per heavy atom. The van der Waals surface area contributed by atoms with Crippen molar-refractivity contribution in [3.8, 4) is 11.5 Å². The van der Waals surface area contributed by atoms with Crippen LogP contribution in [0.25, 0.3) is 0 Å². The molecule has 1 aromatic rings. The number of hydrogen-bond donors (Lipinski definition) is 4. The molecule has 0 aliphatic heterocycles. The highest BCUT2D eigenvalue weighted by Gasteiger charge is 2.24. The fourth-order valence-electron chi connectivity index (χ4n) is 4.19. The first-order chi connectivity index (χ1) is 21.9. The highest BCUT2D eigenvalue weighted by atomic mass is 16.5. The first kappa shape index (κ1) is 40.7. The third kappa shape index (κ3) is 17.2. The number of rotatable bonds is 19. The number of carbonyl (C=O) groups excluding carboxylic acids is 6. The van der Waals surface area contributed by atoms with E-state index in [1.165, 1.54) is 6.07 Å². The second kappa shape index (κ2) is 20.0. The molecule has 0 unspecified atom stereocenters. The minimum Gasteiger partial charge on any atom is -0.484 e. The average Bonchev–Trinajstić information content (AvgIpc) is 2.92. The summed E-state index contributed by atoms with van der Waals surface area (Å²) in [5, 5.41) is 10.9. The Hall–Kier alpha value is -4.36. The van der Waals surface area contributed by atoms with Crippen LogP contribution in [0.5, 0.6) is 11.5 Å². The van der Waals surface area contributed by atoms with Crippen molar-refractivity contribution >= 4 is 35.4 Å². The molecular formula is C33H54N6O8. The minimum atomic E-state index is -0.578. The normalized spacial score (nSPS) is 11.0. The van der Waals surface area contributed by atoms with Gasteiger partial charge in [-0.1, -0.05) is 13.8 Å². The summed E-state index contributed by atoms with van der Waals surface area (Å²) < 4.78 is 11.6. The predicted octanol–water partition coefficient (Wildman–Crippen LogP) is 1.32. The van der Waals surface area contributed by atoms with Crippen LogP contribution in [0.3, 0.4) is 0 Å². The van der Waals surface area contributed by atoms with E-state index < -0.39 is 48.7 Å². The van der Waals surface area contributed by atoms with Gasteiger partial charge in [-0.3, -0.25) is 28.8 Å². The van der Waals surface area contributed by atoms with E-state index in [4.69, 9.17) is 9.47 Å². The number of amides is 6. The molecule has 0 aromatic heterocycles. The van der Waals surface area contributed by atoms with Crippen molar-refractivity contribution in [3.63, 3.8) is 0 Å². The second-order valence-electron chi connectivity index (χ2n) is 12.9. The van der Waals surface area contributed by atoms with Crippen molar-refractivity contribution in [2.75, 3.05) is 39.4 Å². The minimum absolute atomic E-state index is 0.0271. The first-order valence-corrected chi connectivity index (χ1v) is 16.0. The molecule has 0 spiro atoms. The van der Waals surface area contributed by atoms with E-state index in [1.54, 1.807) is 67.5 Å². The van der Waals surface area contributed by atoms with Crippen molar-refractivity contribution in [2.24, 2.45) is 0 Å². The zero-order chi connectivity index (χ0) is 35.8. The van der Waals surface area contributed by atoms with Crippen molar-refractivity contribution in [3.05, 3.63) is 23.8 Å². The standard InChI is InChI=1S/C33H54N6O8/c1-20(2)25-11-26(46-18-32(44)38(14-28(40)34-21(3)4)15-29(41)35-22(5)6)13-27(12-25)47-19-33(45)39(16-30(42)36-23(7)8)17-31(43)37-24(9)10/h11-13,20-24H,14-19H2,1-10H3,(H,34,40)(H,35,41)(H,36,42)(H,37,43). The quantitative estimate of drug-likeness (QED) is 0.172. The second-order valence-corrected chi connectivity index (χ2v) is 12.9. The predicted molar refractivity (Wildman–Crippen MR) is 178 cm³/mol. The summed E-state index contributed by atoms with van der Waals surface area (Å²) in [4.78, 5) is 78.3. The van der Waals surface area contributed by atoms with Gasteiger partial charge in [-0.2, -0.15) is 0 Å². The highest BCUT2D eigenvalue weighted by molar-refractivity contribution is 5.90. The lowest BCUT2D eigenvalue weighted by molar-refractivity contribution is -0.141. The SMILES string of the molecule is CC(C)NC(=O)CN(CC(=O)NC(C)C)C(=O)COc1cc(OCC(=O)N(CC(=O)NC(C)C)CC(=O)NC(C)C)cc(C(C)C)c1. The fraction of sp³-hybridized carbons (Fsp3) is 0.636. The van der Waals surface area contributed by atoms with E-state index in [0.717, 1.165) is 15.4 Å². The molecule has 1 rings (SSSR count). The van der Waals surface area contributed by atoms with E-state index in [0.29, 0.717) is 0 Å². The zero-order valence-electron chi connectivity index (χ0n) is 29.5. The van der Waals surface area contributed by atoms with Crippen LogP contribution in [-0.4, -0.2) is 109 Å². The van der Waals surface area contributed by atoms with Crippen LogP contribution in [0.1, 0.15) is 80.7 Å².